The van der Waals surface area contributed by atoms with E-state index in [1.54, 1.807) is 11.4 Å². The van der Waals surface area contributed by atoms with Crippen LogP contribution in [0.3, 0.4) is 0 Å². The maximum atomic E-state index is 12.5. The number of aromatic nitrogens is 1. The minimum atomic E-state index is -5.19. The summed E-state index contributed by atoms with van der Waals surface area (Å²) in [6.45, 7) is 1.55. The average molecular weight is 579 g/mol. The Balaban J connectivity index is 0.000000559. The van der Waals surface area contributed by atoms with Gasteiger partial charge in [0.25, 0.3) is 0 Å². The summed E-state index contributed by atoms with van der Waals surface area (Å²) in [7, 11) is 2.64. The number of benzene rings is 2. The molecule has 1 aliphatic rings. The number of carbonyl (C=O) groups excluding carboxylic acids is 3. The first-order valence-corrected chi connectivity index (χ1v) is 13.2. The maximum absolute atomic E-state index is 12.5. The number of carboxylic acid groups (broad SMARTS) is 1. The third kappa shape index (κ3) is 8.12. The van der Waals surface area contributed by atoms with E-state index in [4.69, 9.17) is 19.4 Å². The molecule has 2 atom stereocenters. The molecular weight excluding hydrogens is 549 g/mol. The third-order valence-corrected chi connectivity index (χ3v) is 7.41. The summed E-state index contributed by atoms with van der Waals surface area (Å²) in [5, 5.41) is 12.1. The predicted molar refractivity (Wildman–Crippen MR) is 142 cm³/mol. The first kappa shape index (κ1) is 30.8. The Morgan fingerprint density at radius 3 is 2.25 bits per heavy atom. The van der Waals surface area contributed by atoms with Gasteiger partial charge in [0.05, 0.1) is 26.8 Å². The van der Waals surface area contributed by atoms with Crippen LogP contribution in [0.5, 0.6) is 0 Å². The molecule has 0 amide bonds. The molecule has 12 heteroatoms. The van der Waals surface area contributed by atoms with Crippen molar-refractivity contribution in [1.82, 2.24) is 9.88 Å². The molecule has 3 aromatic rings. The highest BCUT2D eigenvalue weighted by atomic mass is 32.1. The van der Waals surface area contributed by atoms with Gasteiger partial charge in [0.1, 0.15) is 5.97 Å². The molecule has 2 heterocycles. The SMILES string of the molecule is COC(=O)C(C(=O)OC)[C@@H]1CCN(CC=[S+]c2ccccc2)[C@H](c2cc3ccccc3[nH]2)C1.O=C([O-])C(F)(F)F. The van der Waals surface area contributed by atoms with E-state index in [9.17, 15) is 22.8 Å². The number of fused-ring (bicyclic) bond motifs is 1. The number of ether oxygens (including phenoxy) is 2. The van der Waals surface area contributed by atoms with E-state index >= 15 is 0 Å². The van der Waals surface area contributed by atoms with Crippen LogP contribution in [-0.2, 0) is 35.2 Å². The van der Waals surface area contributed by atoms with Gasteiger partial charge in [0.15, 0.2) is 11.3 Å². The second-order valence-electron chi connectivity index (χ2n) is 9.01. The van der Waals surface area contributed by atoms with E-state index in [0.29, 0.717) is 6.42 Å². The van der Waals surface area contributed by atoms with Crippen LogP contribution < -0.4 is 5.11 Å². The maximum Gasteiger partial charge on any atom is 0.430 e. The van der Waals surface area contributed by atoms with Crippen LogP contribution in [0.25, 0.3) is 10.9 Å². The van der Waals surface area contributed by atoms with Gasteiger partial charge in [-0.3, -0.25) is 14.5 Å². The number of piperidine rings is 1. The van der Waals surface area contributed by atoms with Gasteiger partial charge in [-0.15, -0.1) is 0 Å². The number of rotatable bonds is 7. The normalized spacial score (nSPS) is 17.9. The number of hydrogen-bond donors (Lipinski definition) is 1. The Bertz CT molecular complexity index is 1280. The Kier molecular flexibility index (Phi) is 10.8. The van der Waals surface area contributed by atoms with Crippen molar-refractivity contribution in [1.29, 1.82) is 0 Å². The van der Waals surface area contributed by atoms with Crippen LogP contribution in [0.1, 0.15) is 24.6 Å². The summed E-state index contributed by atoms with van der Waals surface area (Å²) >= 11 is 1.72. The molecule has 1 fully saturated rings. The van der Waals surface area contributed by atoms with Crippen molar-refractivity contribution in [3.8, 4) is 0 Å². The van der Waals surface area contributed by atoms with Crippen molar-refractivity contribution in [3.05, 3.63) is 66.4 Å². The van der Waals surface area contributed by atoms with E-state index in [1.165, 1.54) is 19.1 Å². The monoisotopic (exact) mass is 578 g/mol. The highest BCUT2D eigenvalue weighted by molar-refractivity contribution is 7.77. The third-order valence-electron chi connectivity index (χ3n) is 6.55. The number of likely N-dealkylation sites (tertiary alicyclic amines) is 1. The second kappa shape index (κ2) is 14.0. The smallest absolute Gasteiger partial charge is 0.430 e. The van der Waals surface area contributed by atoms with Crippen LogP contribution in [0.4, 0.5) is 13.2 Å². The zero-order valence-electron chi connectivity index (χ0n) is 21.9. The van der Waals surface area contributed by atoms with Crippen LogP contribution in [0.15, 0.2) is 65.6 Å². The van der Waals surface area contributed by atoms with Crippen LogP contribution in [0, 0.1) is 11.8 Å². The zero-order chi connectivity index (χ0) is 29.3. The quantitative estimate of drug-likeness (QED) is 0.199. The highest BCUT2D eigenvalue weighted by Gasteiger charge is 2.42. The van der Waals surface area contributed by atoms with Gasteiger partial charge >= 0.3 is 18.1 Å². The van der Waals surface area contributed by atoms with Gasteiger partial charge in [-0.1, -0.05) is 36.4 Å². The van der Waals surface area contributed by atoms with Crippen molar-refractivity contribution in [3.63, 3.8) is 0 Å². The van der Waals surface area contributed by atoms with Gasteiger partial charge < -0.3 is 24.4 Å². The summed E-state index contributed by atoms with van der Waals surface area (Å²) in [4.78, 5) is 40.8. The second-order valence-corrected chi connectivity index (χ2v) is 10.1. The molecule has 214 valence electrons. The number of carbonyl (C=O) groups is 3. The number of halogens is 3. The van der Waals surface area contributed by atoms with Gasteiger partial charge in [0.2, 0.25) is 16.2 Å². The number of aromatic amines is 1. The zero-order valence-corrected chi connectivity index (χ0v) is 22.7. The van der Waals surface area contributed by atoms with Gasteiger partial charge in [-0.05, 0) is 42.8 Å². The molecule has 1 aliphatic heterocycles. The van der Waals surface area contributed by atoms with Gasteiger partial charge in [-0.2, -0.15) is 13.2 Å². The van der Waals surface area contributed by atoms with Crippen molar-refractivity contribution in [2.45, 2.75) is 30.0 Å². The molecule has 0 unspecified atom stereocenters. The molecule has 1 N–H and O–H groups in total. The fourth-order valence-electron chi connectivity index (χ4n) is 4.62. The minimum Gasteiger partial charge on any atom is -0.542 e. The van der Waals surface area contributed by atoms with E-state index < -0.39 is 30.0 Å². The molecule has 0 aliphatic carbocycles. The summed E-state index contributed by atoms with van der Waals surface area (Å²) < 4.78 is 41.4. The number of para-hydroxylation sites is 1. The summed E-state index contributed by atoms with van der Waals surface area (Å²) in [6.07, 6.45) is -3.82. The predicted octanol–water partition coefficient (Wildman–Crippen LogP) is 3.13. The first-order valence-electron chi connectivity index (χ1n) is 12.3. The lowest BCUT2D eigenvalue weighted by Crippen LogP contribution is -2.43. The molecule has 2 aromatic carbocycles. The topological polar surface area (TPSA) is 112 Å². The minimum absolute atomic E-state index is 0.0422. The van der Waals surface area contributed by atoms with E-state index in [0.717, 1.165) is 36.1 Å². The lowest BCUT2D eigenvalue weighted by atomic mass is 9.80. The molecule has 4 rings (SSSR count). The van der Waals surface area contributed by atoms with Crippen molar-refractivity contribution < 1.29 is 42.1 Å². The number of alkyl halides is 3. The molecule has 1 aromatic heterocycles. The number of esters is 2. The largest absolute Gasteiger partial charge is 0.542 e. The molecule has 1 saturated heterocycles. The van der Waals surface area contributed by atoms with Crippen molar-refractivity contribution in [2.75, 3.05) is 27.3 Å². The Labute approximate surface area is 233 Å². The number of carboxylic acids is 1. The lowest BCUT2D eigenvalue weighted by Gasteiger charge is -2.39. The summed E-state index contributed by atoms with van der Waals surface area (Å²) in [5.41, 5.74) is 2.17. The van der Waals surface area contributed by atoms with Crippen LogP contribution in [-0.4, -0.2) is 66.6 Å². The molecule has 0 radical (unpaired) electrons. The van der Waals surface area contributed by atoms with Crippen molar-refractivity contribution >= 4 is 45.5 Å². The summed E-state index contributed by atoms with van der Waals surface area (Å²) in [5.74, 6) is -5.12. The Morgan fingerprint density at radius 1 is 1.07 bits per heavy atom. The van der Waals surface area contributed by atoms with E-state index in [1.807, 2.05) is 30.3 Å². The first-order chi connectivity index (χ1) is 19.0. The van der Waals surface area contributed by atoms with Crippen LogP contribution >= 0.6 is 0 Å². The number of hydrogen-bond acceptors (Lipinski definition) is 7. The van der Waals surface area contributed by atoms with E-state index in [2.05, 4.69) is 45.6 Å². The summed E-state index contributed by atoms with van der Waals surface area (Å²) in [6, 6.07) is 20.7. The molecule has 0 bridgehead atoms. The average Bonchev–Trinajstić information content (AvgIpc) is 3.38. The number of methoxy groups -OCH3 is 2. The molecule has 8 nitrogen and oxygen atoms in total. The molecule has 40 heavy (non-hydrogen) atoms. The van der Waals surface area contributed by atoms with Crippen LogP contribution in [0.2, 0.25) is 0 Å². The number of H-pyrrole nitrogens is 1. The lowest BCUT2D eigenvalue weighted by molar-refractivity contribution is -0.344. The molecular formula is C28H29F3N2O6S. The highest BCUT2D eigenvalue weighted by Crippen LogP contribution is 2.38. The Morgan fingerprint density at radius 2 is 1.68 bits per heavy atom. The standard InChI is InChI=1S/C26H29N2O4S.C2HF3O2/c1-31-25(29)24(26(30)32-2)19-12-13-28(14-15-33-20-9-4-3-5-10-20)23(17-19)22-16-18-8-6-7-11-21(18)27-22;3-2(4,5)1(6)7/h3-11,15-16,19,23-24,27H,12-14,17H2,1-2H3;(H,6,7)/q+1;/p-1/t19-,23+;/m1./s1. The number of aliphatic carboxylic acids is 1. The Hall–Kier alpha value is -3.77. The fraction of sp³-hybridized carbons (Fsp3) is 0.357. The fourth-order valence-corrected chi connectivity index (χ4v) is 5.40. The van der Waals surface area contributed by atoms with Gasteiger partial charge in [-0.25, -0.2) is 0 Å². The number of nitrogens with zero attached hydrogens (tertiary/aromatic N) is 1. The van der Waals surface area contributed by atoms with Gasteiger partial charge in [0, 0.05) is 23.3 Å². The molecule has 0 saturated carbocycles. The van der Waals surface area contributed by atoms with E-state index in [-0.39, 0.29) is 12.0 Å². The van der Waals surface area contributed by atoms with Crippen molar-refractivity contribution in [2.24, 2.45) is 11.8 Å². The number of nitrogens with one attached hydrogen (secondary N) is 1. The molecule has 0 spiro atoms.